The molecule has 0 aliphatic carbocycles. The van der Waals surface area contributed by atoms with Crippen LogP contribution in [0.4, 0.5) is 5.13 Å². The van der Waals surface area contributed by atoms with Crippen molar-refractivity contribution in [1.29, 1.82) is 0 Å². The van der Waals surface area contributed by atoms with Gasteiger partial charge in [0.25, 0.3) is 5.91 Å². The van der Waals surface area contributed by atoms with E-state index in [2.05, 4.69) is 28.7 Å². The van der Waals surface area contributed by atoms with Crippen molar-refractivity contribution in [2.24, 2.45) is 0 Å². The van der Waals surface area contributed by atoms with Crippen LogP contribution in [0.15, 0.2) is 24.4 Å². The van der Waals surface area contributed by atoms with E-state index < -0.39 is 0 Å². The summed E-state index contributed by atoms with van der Waals surface area (Å²) < 4.78 is 3.32. The van der Waals surface area contributed by atoms with Gasteiger partial charge in [0.1, 0.15) is 4.83 Å². The van der Waals surface area contributed by atoms with E-state index in [0.717, 1.165) is 32.6 Å². The summed E-state index contributed by atoms with van der Waals surface area (Å²) in [4.78, 5) is 23.2. The summed E-state index contributed by atoms with van der Waals surface area (Å²) in [6, 6.07) is 6.25. The highest BCUT2D eigenvalue weighted by molar-refractivity contribution is 7.29. The highest BCUT2D eigenvalue weighted by Gasteiger charge is 2.29. The van der Waals surface area contributed by atoms with Crippen LogP contribution in [0, 0.1) is 0 Å². The molecule has 3 aromatic heterocycles. The van der Waals surface area contributed by atoms with Gasteiger partial charge in [0.2, 0.25) is 0 Å². The summed E-state index contributed by atoms with van der Waals surface area (Å²) in [5.74, 6) is 0.117. The van der Waals surface area contributed by atoms with Crippen molar-refractivity contribution in [3.63, 3.8) is 0 Å². The normalized spacial score (nSPS) is 17.5. The van der Waals surface area contributed by atoms with Crippen LogP contribution >= 0.6 is 22.7 Å². The molecule has 0 aromatic carbocycles. The van der Waals surface area contributed by atoms with E-state index in [1.807, 2.05) is 36.0 Å². The maximum Gasteiger partial charge on any atom is 0.264 e. The van der Waals surface area contributed by atoms with Crippen LogP contribution in [0.25, 0.3) is 9.53 Å². The minimum Gasteiger partial charge on any atom is -0.354 e. The molecule has 1 aliphatic heterocycles. The zero-order valence-electron chi connectivity index (χ0n) is 13.3. The zero-order chi connectivity index (χ0) is 16.1. The lowest BCUT2D eigenvalue weighted by atomic mass is 10.1. The van der Waals surface area contributed by atoms with Crippen LogP contribution < -0.4 is 4.90 Å². The predicted octanol–water partition coefficient (Wildman–Crippen LogP) is 3.44. The van der Waals surface area contributed by atoms with E-state index in [4.69, 9.17) is 0 Å². The number of carbonyl (C=O) groups is 1. The number of amides is 1. The van der Waals surface area contributed by atoms with Gasteiger partial charge in [-0.2, -0.15) is 0 Å². The Labute approximate surface area is 142 Å². The summed E-state index contributed by atoms with van der Waals surface area (Å²) in [6.07, 6.45) is 2.08. The standard InChI is InChI=1S/C16H18N4OS2/c1-10-11-5-4-6-19(11)7-8-20(10)15(21)13-9-12-14(22-13)17-16(23-12)18(2)3/h4-6,9-10H,7-8H2,1-3H3. The van der Waals surface area contributed by atoms with Crippen molar-refractivity contribution < 1.29 is 4.79 Å². The van der Waals surface area contributed by atoms with E-state index in [1.165, 1.54) is 17.0 Å². The summed E-state index contributed by atoms with van der Waals surface area (Å²) in [6.45, 7) is 3.71. The van der Waals surface area contributed by atoms with E-state index >= 15 is 0 Å². The molecule has 3 aromatic rings. The lowest BCUT2D eigenvalue weighted by molar-refractivity contribution is 0.0649. The number of rotatable bonds is 2. The molecule has 1 atom stereocenters. The molecular weight excluding hydrogens is 328 g/mol. The monoisotopic (exact) mass is 346 g/mol. The summed E-state index contributed by atoms with van der Waals surface area (Å²) in [5, 5.41) is 0.981. The smallest absolute Gasteiger partial charge is 0.264 e. The average molecular weight is 346 g/mol. The molecule has 0 spiro atoms. The fraction of sp³-hybridized carbons (Fsp3) is 0.375. The van der Waals surface area contributed by atoms with Crippen molar-refractivity contribution in [3.05, 3.63) is 35.0 Å². The first-order valence-corrected chi connectivity index (χ1v) is 9.21. The molecule has 1 amide bonds. The topological polar surface area (TPSA) is 41.4 Å². The first kappa shape index (κ1) is 14.7. The summed E-state index contributed by atoms with van der Waals surface area (Å²) >= 11 is 3.13. The summed E-state index contributed by atoms with van der Waals surface area (Å²) in [7, 11) is 3.97. The van der Waals surface area contributed by atoms with Crippen LogP contribution in [-0.2, 0) is 6.54 Å². The highest BCUT2D eigenvalue weighted by Crippen LogP contribution is 2.36. The number of fused-ring (bicyclic) bond motifs is 2. The van der Waals surface area contributed by atoms with E-state index in [1.54, 1.807) is 11.3 Å². The molecule has 120 valence electrons. The Morgan fingerprint density at radius 1 is 1.35 bits per heavy atom. The second-order valence-electron chi connectivity index (χ2n) is 5.97. The number of anilines is 1. The van der Waals surface area contributed by atoms with Gasteiger partial charge in [0.05, 0.1) is 15.6 Å². The molecule has 0 radical (unpaired) electrons. The lowest BCUT2D eigenvalue weighted by Crippen LogP contribution is -2.40. The quantitative estimate of drug-likeness (QED) is 0.714. The third-order valence-electron chi connectivity index (χ3n) is 4.27. The number of thiophene rings is 1. The molecule has 5 nitrogen and oxygen atoms in total. The molecule has 0 fully saturated rings. The van der Waals surface area contributed by atoms with Gasteiger partial charge in [0.15, 0.2) is 5.13 Å². The van der Waals surface area contributed by atoms with Gasteiger partial charge < -0.3 is 14.4 Å². The van der Waals surface area contributed by atoms with Crippen LogP contribution in [0.1, 0.15) is 28.3 Å². The van der Waals surface area contributed by atoms with Crippen molar-refractivity contribution in [3.8, 4) is 0 Å². The van der Waals surface area contributed by atoms with Crippen LogP contribution in [0.5, 0.6) is 0 Å². The number of hydrogen-bond acceptors (Lipinski definition) is 5. The molecule has 0 bridgehead atoms. The lowest BCUT2D eigenvalue weighted by Gasteiger charge is -2.34. The summed E-state index contributed by atoms with van der Waals surface area (Å²) in [5.41, 5.74) is 1.20. The second-order valence-corrected chi connectivity index (χ2v) is 8.01. The van der Waals surface area contributed by atoms with Crippen molar-refractivity contribution in [2.45, 2.75) is 19.5 Å². The molecule has 4 heterocycles. The van der Waals surface area contributed by atoms with Gasteiger partial charge >= 0.3 is 0 Å². The molecule has 1 aliphatic rings. The second kappa shape index (κ2) is 5.35. The van der Waals surface area contributed by atoms with E-state index in [0.29, 0.717) is 0 Å². The first-order valence-electron chi connectivity index (χ1n) is 7.58. The number of carbonyl (C=O) groups excluding carboxylic acids is 1. The molecular formula is C16H18N4OS2. The van der Waals surface area contributed by atoms with Crippen LogP contribution in [-0.4, -0.2) is 41.0 Å². The van der Waals surface area contributed by atoms with Gasteiger partial charge in [-0.05, 0) is 25.1 Å². The number of aromatic nitrogens is 2. The Kier molecular flexibility index (Phi) is 3.42. The molecule has 0 saturated carbocycles. The minimum absolute atomic E-state index is 0.108. The maximum atomic E-state index is 12.9. The Morgan fingerprint density at radius 3 is 2.91 bits per heavy atom. The Morgan fingerprint density at radius 2 is 2.17 bits per heavy atom. The fourth-order valence-corrected chi connectivity index (χ4v) is 5.11. The van der Waals surface area contributed by atoms with Crippen molar-refractivity contribution in [2.75, 3.05) is 25.5 Å². The Hall–Kier alpha value is -1.86. The number of nitrogens with zero attached hydrogens (tertiary/aromatic N) is 4. The predicted molar refractivity (Wildman–Crippen MR) is 95.7 cm³/mol. The van der Waals surface area contributed by atoms with Crippen molar-refractivity contribution >= 4 is 43.2 Å². The molecule has 23 heavy (non-hydrogen) atoms. The molecule has 4 rings (SSSR count). The van der Waals surface area contributed by atoms with Gasteiger partial charge in [-0.15, -0.1) is 11.3 Å². The molecule has 0 N–H and O–H groups in total. The number of hydrogen-bond donors (Lipinski definition) is 0. The van der Waals surface area contributed by atoms with Crippen molar-refractivity contribution in [1.82, 2.24) is 14.5 Å². The largest absolute Gasteiger partial charge is 0.354 e. The highest BCUT2D eigenvalue weighted by atomic mass is 32.1. The third kappa shape index (κ3) is 2.35. The minimum atomic E-state index is 0.108. The SMILES string of the molecule is CC1c2cccn2CCN1C(=O)c1cc2sc(N(C)C)nc2s1. The average Bonchev–Trinajstić information content (AvgIpc) is 3.20. The number of thiazole rings is 1. The third-order valence-corrected chi connectivity index (χ3v) is 6.59. The first-order chi connectivity index (χ1) is 11.0. The zero-order valence-corrected chi connectivity index (χ0v) is 14.9. The maximum absolute atomic E-state index is 12.9. The van der Waals surface area contributed by atoms with Gasteiger partial charge in [-0.1, -0.05) is 11.3 Å². The van der Waals surface area contributed by atoms with E-state index in [-0.39, 0.29) is 11.9 Å². The van der Waals surface area contributed by atoms with Crippen LogP contribution in [0.3, 0.4) is 0 Å². The molecule has 0 saturated heterocycles. The Balaban J connectivity index is 1.63. The van der Waals surface area contributed by atoms with E-state index in [9.17, 15) is 4.79 Å². The molecule has 7 heteroatoms. The van der Waals surface area contributed by atoms with Gasteiger partial charge in [-0.25, -0.2) is 4.98 Å². The van der Waals surface area contributed by atoms with Gasteiger partial charge in [0, 0.05) is 39.1 Å². The Bertz CT molecular complexity index is 844. The fourth-order valence-electron chi connectivity index (χ4n) is 3.02. The van der Waals surface area contributed by atoms with Gasteiger partial charge in [-0.3, -0.25) is 4.79 Å². The molecule has 1 unspecified atom stereocenters. The van der Waals surface area contributed by atoms with Crippen LogP contribution in [0.2, 0.25) is 0 Å².